The molecule has 0 aromatic rings. The van der Waals surface area contributed by atoms with Crippen molar-refractivity contribution in [2.75, 3.05) is 34.0 Å². The standard InChI is InChI=1S/C14H25NO6/c1-4-21-10-8-12(18,9-16)14(19-2,20-3)13(10)6-5-7-15-11(13)17/h10,16,18H,4-9H2,1-3H3,(H,15,17)/t10-,12-,13-/m0/s1. The molecule has 2 aliphatic rings. The zero-order valence-corrected chi connectivity index (χ0v) is 12.8. The lowest BCUT2D eigenvalue weighted by Crippen LogP contribution is -2.69. The van der Waals surface area contributed by atoms with Crippen LogP contribution in [-0.4, -0.2) is 67.6 Å². The van der Waals surface area contributed by atoms with Gasteiger partial charge in [-0.25, -0.2) is 0 Å². The summed E-state index contributed by atoms with van der Waals surface area (Å²) in [4.78, 5) is 12.7. The molecule has 0 radical (unpaired) electrons. The lowest BCUT2D eigenvalue weighted by molar-refractivity contribution is -0.336. The molecule has 1 saturated heterocycles. The molecule has 0 bridgehead atoms. The normalized spacial score (nSPS) is 38.7. The third kappa shape index (κ3) is 1.95. The molecule has 0 unspecified atom stereocenters. The average Bonchev–Trinajstić information content (AvgIpc) is 2.70. The molecule has 1 aliphatic carbocycles. The van der Waals surface area contributed by atoms with Gasteiger partial charge in [0, 0.05) is 33.8 Å². The molecule has 7 heteroatoms. The number of carbonyl (C=O) groups is 1. The van der Waals surface area contributed by atoms with Crippen LogP contribution in [0.4, 0.5) is 0 Å². The van der Waals surface area contributed by atoms with Crippen molar-refractivity contribution in [3.05, 3.63) is 0 Å². The predicted octanol–water partition coefficient (Wildman–Crippen LogP) is -0.596. The van der Waals surface area contributed by atoms with Crippen molar-refractivity contribution in [3.8, 4) is 0 Å². The molecular weight excluding hydrogens is 278 g/mol. The van der Waals surface area contributed by atoms with Gasteiger partial charge in [0.25, 0.3) is 0 Å². The molecule has 122 valence electrons. The molecule has 1 amide bonds. The van der Waals surface area contributed by atoms with Crippen molar-refractivity contribution in [2.45, 2.75) is 43.7 Å². The minimum atomic E-state index is -1.70. The van der Waals surface area contributed by atoms with Crippen LogP contribution in [0, 0.1) is 5.41 Å². The van der Waals surface area contributed by atoms with Gasteiger partial charge in [-0.05, 0) is 19.8 Å². The summed E-state index contributed by atoms with van der Waals surface area (Å²) >= 11 is 0. The molecule has 2 rings (SSSR count). The fraction of sp³-hybridized carbons (Fsp3) is 0.929. The van der Waals surface area contributed by atoms with E-state index in [1.807, 2.05) is 6.92 Å². The number of hydrogen-bond acceptors (Lipinski definition) is 6. The van der Waals surface area contributed by atoms with Gasteiger partial charge in [0.1, 0.15) is 11.0 Å². The first-order valence-electron chi connectivity index (χ1n) is 7.31. The Morgan fingerprint density at radius 2 is 2.05 bits per heavy atom. The van der Waals surface area contributed by atoms with Gasteiger partial charge < -0.3 is 29.7 Å². The highest BCUT2D eigenvalue weighted by atomic mass is 16.7. The quantitative estimate of drug-likeness (QED) is 0.587. The van der Waals surface area contributed by atoms with Crippen molar-refractivity contribution in [3.63, 3.8) is 0 Å². The van der Waals surface area contributed by atoms with Crippen LogP contribution in [0.25, 0.3) is 0 Å². The van der Waals surface area contributed by atoms with E-state index in [0.29, 0.717) is 19.6 Å². The molecule has 1 aliphatic heterocycles. The lowest BCUT2D eigenvalue weighted by Gasteiger charge is -2.50. The van der Waals surface area contributed by atoms with E-state index in [0.717, 1.165) is 6.42 Å². The second kappa shape index (κ2) is 5.81. The van der Waals surface area contributed by atoms with Gasteiger partial charge in [-0.15, -0.1) is 0 Å². The number of methoxy groups -OCH3 is 2. The van der Waals surface area contributed by atoms with Crippen molar-refractivity contribution in [1.82, 2.24) is 5.32 Å². The number of rotatable bonds is 5. The highest BCUT2D eigenvalue weighted by Gasteiger charge is 2.77. The summed E-state index contributed by atoms with van der Waals surface area (Å²) in [6.45, 7) is 2.21. The molecule has 3 atom stereocenters. The fourth-order valence-corrected chi connectivity index (χ4v) is 4.10. The van der Waals surface area contributed by atoms with Gasteiger partial charge >= 0.3 is 0 Å². The molecule has 1 saturated carbocycles. The van der Waals surface area contributed by atoms with Gasteiger partial charge in [0.2, 0.25) is 11.7 Å². The Balaban J connectivity index is 2.60. The van der Waals surface area contributed by atoms with Gasteiger partial charge in [0.05, 0.1) is 12.7 Å². The Morgan fingerprint density at radius 1 is 1.38 bits per heavy atom. The maximum absolute atomic E-state index is 12.7. The smallest absolute Gasteiger partial charge is 0.234 e. The molecule has 0 aromatic carbocycles. The monoisotopic (exact) mass is 303 g/mol. The van der Waals surface area contributed by atoms with E-state index in [4.69, 9.17) is 14.2 Å². The minimum absolute atomic E-state index is 0.0758. The second-order valence-electron chi connectivity index (χ2n) is 5.69. The Kier molecular flexibility index (Phi) is 4.60. The number of hydrogen-bond donors (Lipinski definition) is 3. The van der Waals surface area contributed by atoms with Crippen LogP contribution >= 0.6 is 0 Å². The van der Waals surface area contributed by atoms with Crippen LogP contribution in [0.2, 0.25) is 0 Å². The van der Waals surface area contributed by atoms with Gasteiger partial charge in [-0.2, -0.15) is 0 Å². The van der Waals surface area contributed by atoms with Crippen LogP contribution < -0.4 is 5.32 Å². The molecule has 1 heterocycles. The number of nitrogens with one attached hydrogen (secondary N) is 1. The summed E-state index contributed by atoms with van der Waals surface area (Å²) in [7, 11) is 2.75. The van der Waals surface area contributed by atoms with E-state index < -0.39 is 29.5 Å². The number of aliphatic hydroxyl groups excluding tert-OH is 1. The van der Waals surface area contributed by atoms with E-state index in [1.54, 1.807) is 0 Å². The Hall–Kier alpha value is -0.730. The van der Waals surface area contributed by atoms with E-state index in [2.05, 4.69) is 5.32 Å². The van der Waals surface area contributed by atoms with Crippen molar-refractivity contribution >= 4 is 5.91 Å². The summed E-state index contributed by atoms with van der Waals surface area (Å²) in [5, 5.41) is 23.4. The maximum atomic E-state index is 12.7. The lowest BCUT2D eigenvalue weighted by atomic mass is 9.70. The predicted molar refractivity (Wildman–Crippen MR) is 73.5 cm³/mol. The third-order valence-electron chi connectivity index (χ3n) is 4.92. The first kappa shape index (κ1) is 16.6. The molecule has 0 aromatic heterocycles. The van der Waals surface area contributed by atoms with Crippen LogP contribution in [0.5, 0.6) is 0 Å². The molecular formula is C14H25NO6. The first-order chi connectivity index (χ1) is 9.98. The van der Waals surface area contributed by atoms with Crippen molar-refractivity contribution in [2.24, 2.45) is 5.41 Å². The molecule has 1 spiro atoms. The number of aliphatic hydroxyl groups is 2. The minimum Gasteiger partial charge on any atom is -0.393 e. The van der Waals surface area contributed by atoms with Crippen molar-refractivity contribution in [1.29, 1.82) is 0 Å². The third-order valence-corrected chi connectivity index (χ3v) is 4.92. The van der Waals surface area contributed by atoms with Crippen LogP contribution in [0.3, 0.4) is 0 Å². The number of ether oxygens (including phenoxy) is 3. The SMILES string of the molecule is CCO[C@H]1C[C@](O)(CO)C(OC)(OC)[C@@]12CCCNC2=O. The van der Waals surface area contributed by atoms with E-state index in [1.165, 1.54) is 14.2 Å². The Labute approximate surface area is 124 Å². The molecule has 21 heavy (non-hydrogen) atoms. The summed E-state index contributed by atoms with van der Waals surface area (Å²) < 4.78 is 16.8. The molecule has 2 fully saturated rings. The maximum Gasteiger partial charge on any atom is 0.234 e. The number of amides is 1. The zero-order valence-electron chi connectivity index (χ0n) is 12.8. The zero-order chi connectivity index (χ0) is 15.7. The highest BCUT2D eigenvalue weighted by molar-refractivity contribution is 5.86. The van der Waals surface area contributed by atoms with Crippen LogP contribution in [0.1, 0.15) is 26.2 Å². The number of piperidine rings is 1. The van der Waals surface area contributed by atoms with E-state index in [9.17, 15) is 15.0 Å². The second-order valence-corrected chi connectivity index (χ2v) is 5.69. The summed E-state index contributed by atoms with van der Waals surface area (Å²) in [5.74, 6) is -1.90. The Bertz CT molecular complexity index is 399. The first-order valence-corrected chi connectivity index (χ1v) is 7.31. The topological polar surface area (TPSA) is 97.2 Å². The van der Waals surface area contributed by atoms with E-state index >= 15 is 0 Å². The van der Waals surface area contributed by atoms with Crippen LogP contribution in [-0.2, 0) is 19.0 Å². The van der Waals surface area contributed by atoms with E-state index in [-0.39, 0.29) is 12.3 Å². The van der Waals surface area contributed by atoms with Gasteiger partial charge in [-0.1, -0.05) is 0 Å². The summed E-state index contributed by atoms with van der Waals surface area (Å²) in [6, 6.07) is 0. The summed E-state index contributed by atoms with van der Waals surface area (Å²) in [5.41, 5.74) is -2.88. The fourth-order valence-electron chi connectivity index (χ4n) is 4.10. The summed E-state index contributed by atoms with van der Waals surface area (Å²) in [6.07, 6.45) is 0.686. The largest absolute Gasteiger partial charge is 0.393 e. The molecule has 3 N–H and O–H groups in total. The van der Waals surface area contributed by atoms with Gasteiger partial charge in [0.15, 0.2) is 0 Å². The van der Waals surface area contributed by atoms with Crippen molar-refractivity contribution < 1.29 is 29.2 Å². The molecule has 7 nitrogen and oxygen atoms in total. The highest BCUT2D eigenvalue weighted by Crippen LogP contribution is 2.58. The van der Waals surface area contributed by atoms with Crippen LogP contribution in [0.15, 0.2) is 0 Å². The average molecular weight is 303 g/mol. The number of carbonyl (C=O) groups excluding carboxylic acids is 1. The Morgan fingerprint density at radius 3 is 2.52 bits per heavy atom. The van der Waals surface area contributed by atoms with Gasteiger partial charge in [-0.3, -0.25) is 4.79 Å².